The Bertz CT molecular complexity index is 594. The molecule has 0 unspecified atom stereocenters. The summed E-state index contributed by atoms with van der Waals surface area (Å²) in [6.45, 7) is 0.709. The van der Waals surface area contributed by atoms with E-state index in [9.17, 15) is 19.8 Å². The number of hydrogen-bond acceptors (Lipinski definition) is 6. The van der Waals surface area contributed by atoms with Crippen molar-refractivity contribution in [3.63, 3.8) is 0 Å². The van der Waals surface area contributed by atoms with Crippen LogP contribution in [0.3, 0.4) is 0 Å². The van der Waals surface area contributed by atoms with Gasteiger partial charge in [0.05, 0.1) is 11.0 Å². The van der Waals surface area contributed by atoms with Gasteiger partial charge in [0.2, 0.25) is 0 Å². The Morgan fingerprint density at radius 2 is 2.21 bits per heavy atom. The number of thiophene rings is 1. The van der Waals surface area contributed by atoms with Crippen molar-refractivity contribution in [2.24, 2.45) is 5.73 Å². The van der Waals surface area contributed by atoms with Crippen molar-refractivity contribution in [3.8, 4) is 0 Å². The number of thiocarbonyl (C=S) groups is 1. The van der Waals surface area contributed by atoms with E-state index in [4.69, 9.17) is 18.0 Å². The number of amides is 2. The zero-order valence-corrected chi connectivity index (χ0v) is 14.7. The molecule has 132 valence electrons. The van der Waals surface area contributed by atoms with Crippen LogP contribution in [0.15, 0.2) is 17.5 Å². The van der Waals surface area contributed by atoms with E-state index in [1.165, 1.54) is 4.90 Å². The Labute approximate surface area is 149 Å². The highest BCUT2D eigenvalue weighted by atomic mass is 32.1. The summed E-state index contributed by atoms with van der Waals surface area (Å²) >= 11 is 6.48. The Morgan fingerprint density at radius 1 is 1.46 bits per heavy atom. The van der Waals surface area contributed by atoms with Crippen LogP contribution in [0, 0.1) is 0 Å². The van der Waals surface area contributed by atoms with Crippen LogP contribution in [0.2, 0.25) is 0 Å². The summed E-state index contributed by atoms with van der Waals surface area (Å²) in [6, 6.07) is 3.42. The van der Waals surface area contributed by atoms with E-state index in [1.54, 1.807) is 11.3 Å². The van der Waals surface area contributed by atoms with Crippen LogP contribution in [0.5, 0.6) is 0 Å². The number of hydrogen-bond donors (Lipinski definition) is 4. The maximum atomic E-state index is 12.3. The van der Waals surface area contributed by atoms with E-state index < -0.39 is 30.1 Å². The van der Waals surface area contributed by atoms with Crippen molar-refractivity contribution in [2.75, 3.05) is 13.1 Å². The van der Waals surface area contributed by atoms with Gasteiger partial charge in [-0.1, -0.05) is 18.3 Å². The molecule has 1 fully saturated rings. The summed E-state index contributed by atoms with van der Waals surface area (Å²) in [5, 5.41) is 24.4. The number of carbonyl (C=O) groups is 2. The average Bonchev–Trinajstić information content (AvgIpc) is 3.23. The van der Waals surface area contributed by atoms with Crippen LogP contribution >= 0.6 is 23.6 Å². The van der Waals surface area contributed by atoms with Crippen LogP contribution in [-0.4, -0.2) is 63.3 Å². The third kappa shape index (κ3) is 4.50. The first-order chi connectivity index (χ1) is 11.4. The molecule has 0 radical (unpaired) electrons. The minimum atomic E-state index is -1.83. The minimum absolute atomic E-state index is 0.169. The number of aliphatic hydroxyl groups is 2. The Kier molecular flexibility index (Phi) is 6.67. The Morgan fingerprint density at radius 3 is 2.83 bits per heavy atom. The number of aliphatic hydroxyl groups excluding tert-OH is 2. The monoisotopic (exact) mass is 371 g/mol. The smallest absolute Gasteiger partial charge is 0.255 e. The predicted molar refractivity (Wildman–Crippen MR) is 94.6 cm³/mol. The van der Waals surface area contributed by atoms with Crippen molar-refractivity contribution in [3.05, 3.63) is 22.4 Å². The second-order valence-electron chi connectivity index (χ2n) is 5.60. The number of nitrogens with two attached hydrogens (primary N) is 1. The van der Waals surface area contributed by atoms with Gasteiger partial charge in [-0.3, -0.25) is 9.59 Å². The van der Waals surface area contributed by atoms with Gasteiger partial charge in [-0.2, -0.15) is 0 Å². The molecule has 0 aliphatic carbocycles. The normalized spacial score (nSPS) is 19.8. The molecule has 2 rings (SSSR count). The first-order valence-corrected chi connectivity index (χ1v) is 8.96. The van der Waals surface area contributed by atoms with Gasteiger partial charge in [0.15, 0.2) is 12.2 Å². The van der Waals surface area contributed by atoms with Gasteiger partial charge in [-0.25, -0.2) is 0 Å². The average molecular weight is 371 g/mol. The number of likely N-dealkylation sites (tertiary alicyclic amines) is 1. The van der Waals surface area contributed by atoms with Crippen molar-refractivity contribution in [1.82, 2.24) is 10.2 Å². The molecule has 2 heterocycles. The first-order valence-electron chi connectivity index (χ1n) is 7.68. The molecular weight excluding hydrogens is 350 g/mol. The van der Waals surface area contributed by atoms with Crippen LogP contribution in [0.4, 0.5) is 0 Å². The number of carbonyl (C=O) groups excluding carboxylic acids is 2. The molecule has 1 aromatic heterocycles. The van der Waals surface area contributed by atoms with Gasteiger partial charge in [-0.15, -0.1) is 11.3 Å². The van der Waals surface area contributed by atoms with Crippen molar-refractivity contribution < 1.29 is 19.8 Å². The van der Waals surface area contributed by atoms with Crippen LogP contribution < -0.4 is 11.1 Å². The second kappa shape index (κ2) is 8.52. The lowest BCUT2D eigenvalue weighted by Crippen LogP contribution is -2.53. The molecule has 1 aliphatic heterocycles. The van der Waals surface area contributed by atoms with Gasteiger partial charge in [0, 0.05) is 18.0 Å². The number of nitrogens with zero attached hydrogens (tertiary/aromatic N) is 1. The van der Waals surface area contributed by atoms with Crippen LogP contribution in [0.25, 0.3) is 0 Å². The van der Waals surface area contributed by atoms with Crippen LogP contribution in [0.1, 0.15) is 17.7 Å². The largest absolute Gasteiger partial charge is 0.392 e. The lowest BCUT2D eigenvalue weighted by molar-refractivity contribution is -0.152. The molecule has 0 aromatic carbocycles. The summed E-state index contributed by atoms with van der Waals surface area (Å²) in [7, 11) is 0. The maximum absolute atomic E-state index is 12.3. The first kappa shape index (κ1) is 18.8. The van der Waals surface area contributed by atoms with E-state index in [0.29, 0.717) is 32.4 Å². The van der Waals surface area contributed by atoms with Gasteiger partial charge in [0.1, 0.15) is 0 Å². The maximum Gasteiger partial charge on any atom is 0.255 e. The number of rotatable bonds is 7. The molecule has 0 saturated carbocycles. The van der Waals surface area contributed by atoms with Crippen molar-refractivity contribution in [2.45, 2.75) is 37.5 Å². The molecule has 9 heteroatoms. The second-order valence-corrected chi connectivity index (χ2v) is 7.11. The lowest BCUT2D eigenvalue weighted by atomic mass is 10.1. The standard InChI is InChI=1S/C15H21N3O4S2/c16-13(23)10-4-1-7-18(10)15(22)12(20)11(19)14(21)17-6-5-9-3-2-8-24-9/h2-3,8,10-12,19-20H,1,4-7H2,(H2,16,23)(H,17,21)/t10-,11-,12-/m1/s1. The Balaban J connectivity index is 1.85. The molecule has 24 heavy (non-hydrogen) atoms. The SMILES string of the molecule is NC(=S)[C@H]1CCCN1C(=O)[C@H](O)[C@@H](O)C(=O)NCCc1cccs1. The van der Waals surface area contributed by atoms with Gasteiger partial charge in [-0.05, 0) is 30.7 Å². The summed E-state index contributed by atoms with van der Waals surface area (Å²) < 4.78 is 0. The number of nitrogens with one attached hydrogen (secondary N) is 1. The molecule has 1 aromatic rings. The van der Waals surface area contributed by atoms with E-state index >= 15 is 0 Å². The fourth-order valence-electron chi connectivity index (χ4n) is 2.64. The van der Waals surface area contributed by atoms with E-state index in [2.05, 4.69) is 5.32 Å². The van der Waals surface area contributed by atoms with Crippen LogP contribution in [-0.2, 0) is 16.0 Å². The highest BCUT2D eigenvalue weighted by Gasteiger charge is 2.38. The minimum Gasteiger partial charge on any atom is -0.392 e. The van der Waals surface area contributed by atoms with E-state index in [0.717, 1.165) is 4.88 Å². The molecule has 2 amide bonds. The topological polar surface area (TPSA) is 116 Å². The fraction of sp³-hybridized carbons (Fsp3) is 0.533. The van der Waals surface area contributed by atoms with Gasteiger partial charge in [0.25, 0.3) is 11.8 Å². The molecule has 1 saturated heterocycles. The molecule has 1 aliphatic rings. The third-order valence-corrected chi connectivity index (χ3v) is 5.14. The summed E-state index contributed by atoms with van der Waals surface area (Å²) in [5.41, 5.74) is 5.59. The zero-order valence-electron chi connectivity index (χ0n) is 13.1. The van der Waals surface area contributed by atoms with Gasteiger partial charge < -0.3 is 26.2 Å². The van der Waals surface area contributed by atoms with Crippen molar-refractivity contribution in [1.29, 1.82) is 0 Å². The van der Waals surface area contributed by atoms with E-state index in [-0.39, 0.29) is 4.99 Å². The zero-order chi connectivity index (χ0) is 17.7. The lowest BCUT2D eigenvalue weighted by Gasteiger charge is -2.27. The molecule has 3 atom stereocenters. The molecule has 0 bridgehead atoms. The summed E-state index contributed by atoms with van der Waals surface area (Å²) in [5.74, 6) is -1.51. The third-order valence-electron chi connectivity index (χ3n) is 3.94. The fourth-order valence-corrected chi connectivity index (χ4v) is 3.60. The van der Waals surface area contributed by atoms with Crippen molar-refractivity contribution >= 4 is 40.4 Å². The molecule has 5 N–H and O–H groups in total. The Hall–Kier alpha value is -1.55. The van der Waals surface area contributed by atoms with E-state index in [1.807, 2.05) is 17.5 Å². The van der Waals surface area contributed by atoms with Gasteiger partial charge >= 0.3 is 0 Å². The quantitative estimate of drug-likeness (QED) is 0.476. The predicted octanol–water partition coefficient (Wildman–Crippen LogP) is -0.594. The highest BCUT2D eigenvalue weighted by Crippen LogP contribution is 2.19. The highest BCUT2D eigenvalue weighted by molar-refractivity contribution is 7.80. The summed E-state index contributed by atoms with van der Waals surface area (Å²) in [6.07, 6.45) is -1.70. The molecule has 7 nitrogen and oxygen atoms in total. The molecular formula is C15H21N3O4S2. The molecule has 0 spiro atoms. The summed E-state index contributed by atoms with van der Waals surface area (Å²) in [4.78, 5) is 26.8.